The Bertz CT molecular complexity index is 1050. The molecular formula is C53H104O17Rf2-2. The standard InChI is InChI=1S/C13H24O5.C8H15O3.3C8H16O2.C5H11O2.C3H6O.2Rf/c1-15-12-4-3-9(5-13(12)16-2)11(14)8-17-6-10-7-18-10;1-3-10-7(2)4-9-5-8-6-11-8;3*1-9-7-5-3-4-6-8(7)10-2;1-3-7-4-5(2)6;1-3-2-4-3;;/h9-14H,3-8H2,1-2H3;7-8H,1,3-6H2,2H3;3*7-8H,3-6H2,1-2H3;5-6H,1,3-4H2,2H3;3H,2H2,1H3;;/q;-1;;;;-1;;;. The normalized spacial score (nSPS) is 31.0. The van der Waals surface area contributed by atoms with Gasteiger partial charge in [0.05, 0.1) is 126 Å². The average molecular weight is 1550 g/mol. The summed E-state index contributed by atoms with van der Waals surface area (Å²) in [4.78, 5) is 0. The zero-order valence-corrected chi connectivity index (χ0v) is 60.0. The van der Waals surface area contributed by atoms with E-state index in [1.807, 2.05) is 6.92 Å². The Balaban J connectivity index is 0. The molecule has 3 heterocycles. The molecule has 0 aromatic heterocycles. The van der Waals surface area contributed by atoms with Crippen LogP contribution in [0.2, 0.25) is 0 Å². The Morgan fingerprint density at radius 1 is 0.458 bits per heavy atom. The van der Waals surface area contributed by atoms with Crippen LogP contribution in [0.25, 0.3) is 0 Å². The fraction of sp³-hybridized carbons (Fsp3) is 0.962. The van der Waals surface area contributed by atoms with Gasteiger partial charge in [-0.1, -0.05) is 51.7 Å². The largest absolute Gasteiger partial charge is 0.411 e. The molecule has 4 aliphatic carbocycles. The predicted octanol–water partition coefficient (Wildman–Crippen LogP) is 6.63. The van der Waals surface area contributed by atoms with Crippen LogP contribution in [0.4, 0.5) is 0 Å². The van der Waals surface area contributed by atoms with Crippen molar-refractivity contribution in [3.8, 4) is 0 Å². The van der Waals surface area contributed by atoms with Crippen LogP contribution >= 0.6 is 0 Å². The number of hydrogen-bond acceptors (Lipinski definition) is 17. The summed E-state index contributed by atoms with van der Waals surface area (Å²) in [6.07, 6.45) is 20.3. The molecule has 15 unspecified atom stereocenters. The fourth-order valence-corrected chi connectivity index (χ4v) is 8.56. The van der Waals surface area contributed by atoms with Gasteiger partial charge < -0.3 is 95.1 Å². The molecule has 0 aromatic carbocycles. The Morgan fingerprint density at radius 2 is 0.792 bits per heavy atom. The Labute approximate surface area is 425 Å². The van der Waals surface area contributed by atoms with Crippen molar-refractivity contribution in [2.24, 2.45) is 5.92 Å². The topological polar surface area (TPSA) is 189 Å². The number of aliphatic hydroxyl groups is 2. The molecule has 72 heavy (non-hydrogen) atoms. The van der Waals surface area contributed by atoms with Gasteiger partial charge in [-0.15, -0.1) is 0 Å². The minimum Gasteiger partial charge on any atom is -0.411 e. The molecule has 424 valence electrons. The van der Waals surface area contributed by atoms with Crippen molar-refractivity contribution < 1.29 is 81.3 Å². The second kappa shape index (κ2) is 45.7. The third-order valence-corrected chi connectivity index (χ3v) is 13.1. The van der Waals surface area contributed by atoms with Crippen molar-refractivity contribution in [2.45, 2.75) is 203 Å². The molecule has 17 nitrogen and oxygen atoms in total. The molecule has 0 radical (unpaired) electrons. The number of ether oxygens (including phenoxy) is 15. The smallest absolute Gasteiger partial charge is 0.104 e. The maximum Gasteiger partial charge on any atom is 0.104 e. The van der Waals surface area contributed by atoms with Gasteiger partial charge in [0.15, 0.2) is 0 Å². The van der Waals surface area contributed by atoms with E-state index in [0.29, 0.717) is 95.1 Å². The summed E-state index contributed by atoms with van der Waals surface area (Å²) >= 11 is 0. The van der Waals surface area contributed by atoms with Crippen LogP contribution in [0.3, 0.4) is 0 Å². The molecule has 0 aromatic rings. The van der Waals surface area contributed by atoms with Gasteiger partial charge in [0, 0.05) is 56.9 Å². The van der Waals surface area contributed by atoms with E-state index in [1.54, 1.807) is 63.8 Å². The fourth-order valence-electron chi connectivity index (χ4n) is 8.56. The zero-order chi connectivity index (χ0) is 51.9. The van der Waals surface area contributed by atoms with E-state index in [2.05, 4.69) is 20.8 Å². The monoisotopic (exact) mass is 1550 g/mol. The Kier molecular flexibility index (Phi) is 45.3. The molecule has 3 saturated heterocycles. The van der Waals surface area contributed by atoms with Crippen LogP contribution in [0, 0.1) is 19.8 Å². The number of epoxide rings is 3. The number of hydrogen-bond donors (Lipinski definition) is 2. The van der Waals surface area contributed by atoms with E-state index in [-0.39, 0.29) is 36.4 Å². The van der Waals surface area contributed by atoms with Gasteiger partial charge in [-0.2, -0.15) is 0 Å². The van der Waals surface area contributed by atoms with E-state index in [4.69, 9.17) is 76.2 Å². The molecule has 19 heteroatoms. The first-order valence-electron chi connectivity index (χ1n) is 26.2. The Morgan fingerprint density at radius 3 is 1.06 bits per heavy atom. The van der Waals surface area contributed by atoms with E-state index in [0.717, 1.165) is 77.6 Å². The van der Waals surface area contributed by atoms with Crippen LogP contribution < -0.4 is 0 Å². The number of rotatable bonds is 22. The third kappa shape index (κ3) is 35.5. The molecule has 0 bridgehead atoms. The van der Waals surface area contributed by atoms with E-state index < -0.39 is 6.10 Å². The summed E-state index contributed by atoms with van der Waals surface area (Å²) < 4.78 is 77.8. The number of methoxy groups -OCH3 is 8. The summed E-state index contributed by atoms with van der Waals surface area (Å²) in [6.45, 7) is 19.0. The third-order valence-electron chi connectivity index (χ3n) is 13.1. The minimum absolute atomic E-state index is 0. The maximum absolute atomic E-state index is 10.1. The van der Waals surface area contributed by atoms with Gasteiger partial charge in [-0.3, -0.25) is 0 Å². The van der Waals surface area contributed by atoms with Gasteiger partial charge in [0.25, 0.3) is 0 Å². The summed E-state index contributed by atoms with van der Waals surface area (Å²) in [5.74, 6) is 0.237. The predicted molar refractivity (Wildman–Crippen MR) is 270 cm³/mol. The SMILES string of the molecule is CC1CO1.COC1CCC(C(O)COCC2CO2)CC1OC.COC1CCCCC1OC.COC1CCCCC1OC.COC1CCCCC1OC.[CH2-]COC(C)COCC1CO1.[CH2-]COCC(C)O.[Rf].[Rf]. The van der Waals surface area contributed by atoms with Crippen molar-refractivity contribution in [2.75, 3.05) is 123 Å². The first-order valence-corrected chi connectivity index (χ1v) is 26.2. The van der Waals surface area contributed by atoms with Crippen molar-refractivity contribution in [3.63, 3.8) is 0 Å². The van der Waals surface area contributed by atoms with Gasteiger partial charge in [-0.05, 0) is 84.5 Å². The van der Waals surface area contributed by atoms with E-state index in [9.17, 15) is 5.11 Å². The first-order chi connectivity index (χ1) is 33.9. The molecule has 2 N–H and O–H groups in total. The van der Waals surface area contributed by atoms with Crippen LogP contribution in [-0.2, 0) is 71.1 Å². The van der Waals surface area contributed by atoms with Crippen LogP contribution in [0.15, 0.2) is 0 Å². The van der Waals surface area contributed by atoms with Crippen molar-refractivity contribution in [1.29, 1.82) is 0 Å². The molecule has 15 atom stereocenters. The molecule has 7 fully saturated rings. The first kappa shape index (κ1) is 71.4. The number of aliphatic hydroxyl groups excluding tert-OH is 2. The molecular weight excluding hydrogens is 1440 g/mol. The summed E-state index contributed by atoms with van der Waals surface area (Å²) in [7, 11) is 14.0. The van der Waals surface area contributed by atoms with Crippen molar-refractivity contribution >= 4 is 0 Å². The second-order valence-corrected chi connectivity index (χ2v) is 18.9. The minimum atomic E-state index is -0.417. The van der Waals surface area contributed by atoms with Crippen LogP contribution in [-0.4, -0.2) is 219 Å². The Hall–Kier alpha value is -2.68. The molecule has 0 spiro atoms. The van der Waals surface area contributed by atoms with Crippen LogP contribution in [0.5, 0.6) is 0 Å². The van der Waals surface area contributed by atoms with Gasteiger partial charge in [0.1, 0.15) is 12.2 Å². The molecule has 7 rings (SSSR count). The summed E-state index contributed by atoms with van der Waals surface area (Å²) in [5.41, 5.74) is 0. The summed E-state index contributed by atoms with van der Waals surface area (Å²) in [5, 5.41) is 18.6. The van der Waals surface area contributed by atoms with E-state index in [1.165, 1.54) is 38.5 Å². The average Bonchev–Trinajstić information content (AvgIpc) is 4.26. The molecule has 0 amide bonds. The quantitative estimate of drug-likeness (QED) is 0.0868. The maximum atomic E-state index is 10.1. The van der Waals surface area contributed by atoms with Crippen LogP contribution in [0.1, 0.15) is 117 Å². The molecule has 7 aliphatic rings. The van der Waals surface area contributed by atoms with Gasteiger partial charge in [-0.25, -0.2) is 0 Å². The summed E-state index contributed by atoms with van der Waals surface area (Å²) in [6, 6.07) is 0. The molecule has 4 saturated carbocycles. The second-order valence-electron chi connectivity index (χ2n) is 18.9. The van der Waals surface area contributed by atoms with Crippen molar-refractivity contribution in [3.05, 3.63) is 13.8 Å². The van der Waals surface area contributed by atoms with E-state index >= 15 is 0 Å². The molecule has 3 aliphatic heterocycles. The zero-order valence-electron chi connectivity index (χ0n) is 47.2. The van der Waals surface area contributed by atoms with Gasteiger partial charge in [0.2, 0.25) is 0 Å². The van der Waals surface area contributed by atoms with Gasteiger partial charge >= 0.3 is 0 Å². The van der Waals surface area contributed by atoms with Crippen molar-refractivity contribution in [1.82, 2.24) is 0 Å².